The van der Waals surface area contributed by atoms with Gasteiger partial charge in [0.1, 0.15) is 34.2 Å². The maximum absolute atomic E-state index is 13.7. The largest absolute Gasteiger partial charge is 0.508 e. The number of likely N-dealkylation sites (tertiary alicyclic amines) is 2. The van der Waals surface area contributed by atoms with Crippen LogP contribution in [0.4, 0.5) is 5.00 Å². The number of rotatable bonds is 11. The summed E-state index contributed by atoms with van der Waals surface area (Å²) in [5, 5.41) is 50.0. The molecule has 2 amide bonds. The molecule has 15 nitrogen and oxygen atoms in total. The molecule has 18 heteroatoms. The van der Waals surface area contributed by atoms with E-state index in [2.05, 4.69) is 20.4 Å². The highest BCUT2D eigenvalue weighted by atomic mass is 35.5. The lowest BCUT2D eigenvalue weighted by atomic mass is 9.95. The number of halogens is 2. The number of carbonyl (C=O) groups is 2. The van der Waals surface area contributed by atoms with Gasteiger partial charge in [-0.05, 0) is 112 Å². The molecule has 3 aliphatic heterocycles. The predicted octanol–water partition coefficient (Wildman–Crippen LogP) is 7.78. The van der Waals surface area contributed by atoms with Gasteiger partial charge in [0, 0.05) is 59.2 Å². The molecular weight excluding hydrogens is 900 g/mol. The standard InChI is InChI=1S/C48H55ClN10O5S.ClH/c1-26(2)36-20-37(40(61)22-39(36)60)45-54-55-48(64)59(45)35-12-6-30(7-13-35)24-56-17-15-33(16-18-56)46(63)57-19-14-31(25-57)23-52-41(62)21-38-44(51)58(29(5)50)47-42(27(3)28(4)65-47)43(53-38)32-8-10-34(49)11-9-32;/h6-13,20,22,26,31,33,38,50-51,60-61H,14-19,21,23-25H2,1-5H3,(H,52,62)(H,55,64);1H/t31?,38-;/m0./s1. The Balaban J connectivity index is 0.00000648. The molecule has 2 aromatic heterocycles. The van der Waals surface area contributed by atoms with E-state index in [0.29, 0.717) is 53.7 Å². The molecule has 2 fully saturated rings. The van der Waals surface area contributed by atoms with E-state index in [0.717, 1.165) is 64.5 Å². The van der Waals surface area contributed by atoms with Gasteiger partial charge in [-0.25, -0.2) is 14.5 Å². The first-order chi connectivity index (χ1) is 31.1. The summed E-state index contributed by atoms with van der Waals surface area (Å²) in [6.45, 7) is 13.4. The molecule has 2 atom stereocenters. The quantitative estimate of drug-likeness (QED) is 0.0568. The fourth-order valence-corrected chi connectivity index (χ4v) is 10.5. The number of aryl methyl sites for hydroxylation is 1. The summed E-state index contributed by atoms with van der Waals surface area (Å²) in [4.78, 5) is 52.2. The molecule has 3 aliphatic rings. The summed E-state index contributed by atoms with van der Waals surface area (Å²) in [5.74, 6) is 0.269. The highest BCUT2D eigenvalue weighted by molar-refractivity contribution is 7.17. The van der Waals surface area contributed by atoms with E-state index in [1.165, 1.54) is 22.0 Å². The number of amidine groups is 2. The highest BCUT2D eigenvalue weighted by Gasteiger charge is 2.36. The number of anilines is 1. The monoisotopic (exact) mass is 954 g/mol. The minimum atomic E-state index is -0.819. The second kappa shape index (κ2) is 20.0. The second-order valence-corrected chi connectivity index (χ2v) is 19.3. The van der Waals surface area contributed by atoms with Crippen molar-refractivity contribution in [2.75, 3.05) is 37.6 Å². The van der Waals surface area contributed by atoms with E-state index in [4.69, 9.17) is 22.0 Å². The number of aromatic amines is 1. The van der Waals surface area contributed by atoms with Crippen LogP contribution < -0.4 is 15.9 Å². The fraction of sp³-hybridized carbons (Fsp3) is 0.396. The van der Waals surface area contributed by atoms with Crippen LogP contribution in [0.5, 0.6) is 11.5 Å². The molecule has 1 unspecified atom stereocenters. The Morgan fingerprint density at radius 1 is 1.00 bits per heavy atom. The number of aromatic hydroxyl groups is 2. The minimum absolute atomic E-state index is 0. The Labute approximate surface area is 398 Å². The minimum Gasteiger partial charge on any atom is -0.508 e. The van der Waals surface area contributed by atoms with Crippen molar-refractivity contribution < 1.29 is 19.8 Å². The number of fused-ring (bicyclic) bond motifs is 1. The topological polar surface area (TPSA) is 207 Å². The van der Waals surface area contributed by atoms with Gasteiger partial charge in [-0.3, -0.25) is 35.2 Å². The third-order valence-corrected chi connectivity index (χ3v) is 14.3. The van der Waals surface area contributed by atoms with E-state index in [-0.39, 0.29) is 77.4 Å². The zero-order valence-corrected chi connectivity index (χ0v) is 40.0. The predicted molar refractivity (Wildman–Crippen MR) is 263 cm³/mol. The van der Waals surface area contributed by atoms with Crippen LogP contribution in [0.25, 0.3) is 17.1 Å². The Kier molecular flexibility index (Phi) is 14.6. The average molecular weight is 956 g/mol. The van der Waals surface area contributed by atoms with Crippen molar-refractivity contribution >= 4 is 69.5 Å². The number of amides is 2. The van der Waals surface area contributed by atoms with Crippen LogP contribution in [0, 0.1) is 36.5 Å². The Bertz CT molecular complexity index is 2740. The Morgan fingerprint density at radius 2 is 1.70 bits per heavy atom. The first kappa shape index (κ1) is 48.1. The van der Waals surface area contributed by atoms with Crippen LogP contribution in [0.3, 0.4) is 0 Å². The Hall–Kier alpha value is -5.81. The normalized spacial score (nSPS) is 17.9. The van der Waals surface area contributed by atoms with E-state index in [1.807, 2.05) is 69.0 Å². The number of aliphatic imine (C=N–C) groups is 1. The van der Waals surface area contributed by atoms with Gasteiger partial charge < -0.3 is 20.4 Å². The summed E-state index contributed by atoms with van der Waals surface area (Å²) in [5.41, 5.74) is 5.54. The molecule has 0 bridgehead atoms. The number of benzene rings is 3. The van der Waals surface area contributed by atoms with Crippen molar-refractivity contribution in [3.63, 3.8) is 0 Å². The van der Waals surface area contributed by atoms with E-state index in [1.54, 1.807) is 30.0 Å². The number of aromatic nitrogens is 3. The van der Waals surface area contributed by atoms with Gasteiger partial charge in [0.15, 0.2) is 5.82 Å². The van der Waals surface area contributed by atoms with Crippen molar-refractivity contribution in [1.82, 2.24) is 29.9 Å². The van der Waals surface area contributed by atoms with Crippen molar-refractivity contribution in [2.24, 2.45) is 16.8 Å². The van der Waals surface area contributed by atoms with Crippen molar-refractivity contribution in [2.45, 2.75) is 78.8 Å². The maximum atomic E-state index is 13.7. The highest BCUT2D eigenvalue weighted by Crippen LogP contribution is 2.41. The first-order valence-corrected chi connectivity index (χ1v) is 23.3. The van der Waals surface area contributed by atoms with Gasteiger partial charge in [-0.1, -0.05) is 49.7 Å². The fourth-order valence-electron chi connectivity index (χ4n) is 9.15. The number of thiophene rings is 1. The van der Waals surface area contributed by atoms with Gasteiger partial charge in [0.25, 0.3) is 0 Å². The zero-order valence-electron chi connectivity index (χ0n) is 37.7. The number of hydrogen-bond donors (Lipinski definition) is 6. The lowest BCUT2D eigenvalue weighted by Gasteiger charge is -2.33. The number of H-pyrrole nitrogens is 1. The number of hydrogen-bond acceptors (Lipinski definition) is 11. The van der Waals surface area contributed by atoms with Gasteiger partial charge in [0.2, 0.25) is 11.8 Å². The number of nitrogens with zero attached hydrogens (tertiary/aromatic N) is 6. The zero-order chi connectivity index (χ0) is 46.3. The molecule has 6 N–H and O–H groups in total. The van der Waals surface area contributed by atoms with Crippen LogP contribution in [-0.4, -0.2) is 103 Å². The average Bonchev–Trinajstić information content (AvgIpc) is 3.97. The Morgan fingerprint density at radius 3 is 2.36 bits per heavy atom. The van der Waals surface area contributed by atoms with Crippen LogP contribution in [0.1, 0.15) is 85.1 Å². The molecule has 0 saturated carbocycles. The number of piperidine rings is 1. The number of phenolic OH excluding ortho intramolecular Hbond substituents is 2. The van der Waals surface area contributed by atoms with E-state index < -0.39 is 11.7 Å². The molecule has 2 saturated heterocycles. The summed E-state index contributed by atoms with van der Waals surface area (Å²) in [6.07, 6.45) is 2.24. The van der Waals surface area contributed by atoms with Gasteiger partial charge in [-0.15, -0.1) is 23.7 Å². The number of phenols is 2. The molecule has 0 radical (unpaired) electrons. The third-order valence-electron chi connectivity index (χ3n) is 12.9. The lowest BCUT2D eigenvalue weighted by molar-refractivity contribution is -0.136. The van der Waals surface area contributed by atoms with Crippen molar-refractivity contribution in [3.8, 4) is 28.6 Å². The first-order valence-electron chi connectivity index (χ1n) is 22.1. The van der Waals surface area contributed by atoms with E-state index >= 15 is 0 Å². The number of carbonyl (C=O) groups excluding carboxylic acids is 2. The molecule has 5 aromatic rings. The maximum Gasteiger partial charge on any atom is 0.348 e. The smallest absolute Gasteiger partial charge is 0.348 e. The van der Waals surface area contributed by atoms with Gasteiger partial charge in [0.05, 0.1) is 23.4 Å². The molecule has 66 heavy (non-hydrogen) atoms. The molecule has 5 heterocycles. The second-order valence-electron chi connectivity index (χ2n) is 17.7. The van der Waals surface area contributed by atoms with Gasteiger partial charge in [-0.2, -0.15) is 5.10 Å². The van der Waals surface area contributed by atoms with Crippen LogP contribution in [0.15, 0.2) is 70.5 Å². The molecule has 3 aromatic carbocycles. The van der Waals surface area contributed by atoms with E-state index in [9.17, 15) is 30.0 Å². The van der Waals surface area contributed by atoms with Crippen molar-refractivity contribution in [1.29, 1.82) is 10.8 Å². The summed E-state index contributed by atoms with van der Waals surface area (Å²) in [6, 6.07) is 17.1. The lowest BCUT2D eigenvalue weighted by Crippen LogP contribution is -2.43. The molecule has 0 aliphatic carbocycles. The molecular formula is C48H56Cl2N10O5S. The molecule has 0 spiro atoms. The van der Waals surface area contributed by atoms with Crippen molar-refractivity contribution in [3.05, 3.63) is 109 Å². The summed E-state index contributed by atoms with van der Waals surface area (Å²) in [7, 11) is 0. The summed E-state index contributed by atoms with van der Waals surface area (Å²) < 4.78 is 1.40. The third kappa shape index (κ3) is 9.82. The molecule has 348 valence electrons. The van der Waals surface area contributed by atoms with Crippen LogP contribution in [-0.2, 0) is 16.1 Å². The van der Waals surface area contributed by atoms with Crippen LogP contribution in [0.2, 0.25) is 5.02 Å². The number of nitrogens with one attached hydrogen (secondary N) is 4. The molecule has 8 rings (SSSR count). The summed E-state index contributed by atoms with van der Waals surface area (Å²) >= 11 is 7.75. The SMILES string of the molecule is CC(=N)N1C(=N)[C@H](CC(=O)NCC2CCN(C(=O)C3CCN(Cc4ccc(-n5c(-c6cc(C(C)C)c(O)cc6O)n[nH]c5=O)cc4)CC3)C2)N=C(c2ccc(Cl)cc2)c2c1sc(C)c2C.Cl. The van der Waals surface area contributed by atoms with Gasteiger partial charge >= 0.3 is 5.69 Å². The van der Waals surface area contributed by atoms with Crippen LogP contribution >= 0.6 is 35.3 Å².